The molecule has 3 nitrogen and oxygen atoms in total. The standard InChI is InChI=1S/C54H35N3/c1-5-17-36(18-6-1)51-55-52(37-19-7-2-8-20-37)57-53(56-51)48-34-40-30-29-38(33-47(40)43-25-13-14-26-44(43)48)39-31-32-46-45-27-15-16-28-49(45)54(50(46)35-39,41-21-9-3-10-22-41)42-23-11-4-12-24-42/h1-35H. The molecule has 0 fully saturated rings. The topological polar surface area (TPSA) is 38.7 Å². The third-order valence-electron chi connectivity index (χ3n) is 11.6. The summed E-state index contributed by atoms with van der Waals surface area (Å²) < 4.78 is 0. The van der Waals surface area contributed by atoms with Crippen molar-refractivity contribution in [1.29, 1.82) is 0 Å². The summed E-state index contributed by atoms with van der Waals surface area (Å²) in [5, 5.41) is 4.58. The van der Waals surface area contributed by atoms with E-state index in [1.165, 1.54) is 49.9 Å². The fourth-order valence-electron chi connectivity index (χ4n) is 9.02. The summed E-state index contributed by atoms with van der Waals surface area (Å²) in [6, 6.07) is 76.0. The first-order chi connectivity index (χ1) is 28.3. The fourth-order valence-corrected chi connectivity index (χ4v) is 9.02. The summed E-state index contributed by atoms with van der Waals surface area (Å²) in [5.74, 6) is 1.96. The zero-order valence-electron chi connectivity index (χ0n) is 31.0. The minimum absolute atomic E-state index is 0.454. The molecule has 0 bridgehead atoms. The molecule has 1 aliphatic carbocycles. The van der Waals surface area contributed by atoms with Crippen molar-refractivity contribution in [2.75, 3.05) is 0 Å². The van der Waals surface area contributed by atoms with E-state index in [2.05, 4.69) is 176 Å². The Morgan fingerprint density at radius 2 is 0.772 bits per heavy atom. The maximum atomic E-state index is 5.11. The smallest absolute Gasteiger partial charge is 0.164 e. The summed E-state index contributed by atoms with van der Waals surface area (Å²) in [5.41, 5.74) is 12.5. The largest absolute Gasteiger partial charge is 0.208 e. The monoisotopic (exact) mass is 725 g/mol. The molecule has 0 radical (unpaired) electrons. The highest BCUT2D eigenvalue weighted by Gasteiger charge is 2.46. The molecule has 266 valence electrons. The lowest BCUT2D eigenvalue weighted by atomic mass is 9.67. The molecular weight excluding hydrogens is 691 g/mol. The predicted molar refractivity (Wildman–Crippen MR) is 234 cm³/mol. The van der Waals surface area contributed by atoms with E-state index < -0.39 is 5.41 Å². The third-order valence-corrected chi connectivity index (χ3v) is 11.6. The summed E-state index contributed by atoms with van der Waals surface area (Å²) in [4.78, 5) is 15.2. The Hall–Kier alpha value is -7.49. The third kappa shape index (κ3) is 5.32. The Kier molecular flexibility index (Phi) is 7.71. The number of benzene rings is 9. The van der Waals surface area contributed by atoms with Crippen LogP contribution in [0.3, 0.4) is 0 Å². The Morgan fingerprint density at radius 1 is 0.281 bits per heavy atom. The van der Waals surface area contributed by atoms with E-state index in [0.717, 1.165) is 32.8 Å². The molecule has 1 aromatic heterocycles. The normalized spacial score (nSPS) is 12.7. The fraction of sp³-hybridized carbons (Fsp3) is 0.0185. The van der Waals surface area contributed by atoms with Crippen LogP contribution in [-0.2, 0) is 5.41 Å². The quantitative estimate of drug-likeness (QED) is 0.160. The predicted octanol–water partition coefficient (Wildman–Crippen LogP) is 13.2. The first-order valence-electron chi connectivity index (χ1n) is 19.4. The molecule has 0 atom stereocenters. The van der Waals surface area contributed by atoms with E-state index in [9.17, 15) is 0 Å². The van der Waals surface area contributed by atoms with Crippen LogP contribution in [0.2, 0.25) is 0 Å². The van der Waals surface area contributed by atoms with Gasteiger partial charge in [-0.3, -0.25) is 0 Å². The average Bonchev–Trinajstić information content (AvgIpc) is 3.60. The van der Waals surface area contributed by atoms with E-state index in [4.69, 9.17) is 15.0 Å². The molecule has 57 heavy (non-hydrogen) atoms. The lowest BCUT2D eigenvalue weighted by molar-refractivity contribution is 0.769. The number of hydrogen-bond acceptors (Lipinski definition) is 3. The van der Waals surface area contributed by atoms with Crippen LogP contribution in [0.15, 0.2) is 212 Å². The van der Waals surface area contributed by atoms with E-state index in [0.29, 0.717) is 17.5 Å². The van der Waals surface area contributed by atoms with Gasteiger partial charge in [-0.15, -0.1) is 0 Å². The maximum Gasteiger partial charge on any atom is 0.164 e. The van der Waals surface area contributed by atoms with Crippen LogP contribution >= 0.6 is 0 Å². The highest BCUT2D eigenvalue weighted by atomic mass is 15.0. The van der Waals surface area contributed by atoms with Crippen LogP contribution in [-0.4, -0.2) is 15.0 Å². The van der Waals surface area contributed by atoms with Gasteiger partial charge in [0.1, 0.15) is 0 Å². The lowest BCUT2D eigenvalue weighted by Gasteiger charge is -2.34. The van der Waals surface area contributed by atoms with E-state index >= 15 is 0 Å². The van der Waals surface area contributed by atoms with Crippen LogP contribution in [0.1, 0.15) is 22.3 Å². The van der Waals surface area contributed by atoms with Gasteiger partial charge in [0, 0.05) is 16.7 Å². The van der Waals surface area contributed by atoms with Gasteiger partial charge in [0.2, 0.25) is 0 Å². The molecule has 3 heteroatoms. The number of hydrogen-bond donors (Lipinski definition) is 0. The van der Waals surface area contributed by atoms with Crippen LogP contribution in [0.4, 0.5) is 0 Å². The van der Waals surface area contributed by atoms with Crippen molar-refractivity contribution in [1.82, 2.24) is 15.0 Å². The van der Waals surface area contributed by atoms with Gasteiger partial charge in [-0.1, -0.05) is 194 Å². The lowest BCUT2D eigenvalue weighted by Crippen LogP contribution is -2.28. The molecular formula is C54H35N3. The van der Waals surface area contributed by atoms with Crippen molar-refractivity contribution in [3.8, 4) is 56.4 Å². The van der Waals surface area contributed by atoms with E-state index in [1.807, 2.05) is 36.4 Å². The number of aromatic nitrogens is 3. The summed E-state index contributed by atoms with van der Waals surface area (Å²) in [6.07, 6.45) is 0. The van der Waals surface area contributed by atoms with Gasteiger partial charge in [0.05, 0.1) is 5.41 Å². The number of fused-ring (bicyclic) bond motifs is 6. The minimum atomic E-state index is -0.454. The van der Waals surface area contributed by atoms with Crippen molar-refractivity contribution in [2.24, 2.45) is 0 Å². The maximum absolute atomic E-state index is 5.11. The average molecular weight is 726 g/mol. The SMILES string of the molecule is c1ccc(-c2nc(-c3ccccc3)nc(-c3cc4ccc(-c5ccc6c(c5)C(c5ccccc5)(c5ccccc5)c5ccccc5-6)cc4c4ccccc34)n2)cc1. The Bertz CT molecular complexity index is 3010. The van der Waals surface area contributed by atoms with Gasteiger partial charge in [-0.25, -0.2) is 15.0 Å². The molecule has 1 heterocycles. The van der Waals surface area contributed by atoms with Gasteiger partial charge < -0.3 is 0 Å². The van der Waals surface area contributed by atoms with Crippen molar-refractivity contribution in [2.45, 2.75) is 5.41 Å². The molecule has 0 saturated heterocycles. The van der Waals surface area contributed by atoms with Crippen LogP contribution in [0.25, 0.3) is 78.0 Å². The second-order valence-corrected chi connectivity index (χ2v) is 14.7. The molecule has 11 rings (SSSR count). The first kappa shape index (κ1) is 32.9. The van der Waals surface area contributed by atoms with Crippen LogP contribution in [0, 0.1) is 0 Å². The highest BCUT2D eigenvalue weighted by molar-refractivity contribution is 6.14. The highest BCUT2D eigenvalue weighted by Crippen LogP contribution is 2.56. The number of rotatable bonds is 6. The molecule has 0 N–H and O–H groups in total. The Labute approximate surface area is 331 Å². The van der Waals surface area contributed by atoms with Crippen molar-refractivity contribution in [3.05, 3.63) is 235 Å². The molecule has 0 aliphatic heterocycles. The van der Waals surface area contributed by atoms with Crippen LogP contribution in [0.5, 0.6) is 0 Å². The van der Waals surface area contributed by atoms with Crippen molar-refractivity contribution >= 4 is 21.5 Å². The van der Waals surface area contributed by atoms with Gasteiger partial charge in [0.25, 0.3) is 0 Å². The van der Waals surface area contributed by atoms with Crippen LogP contribution < -0.4 is 0 Å². The van der Waals surface area contributed by atoms with Crippen molar-refractivity contribution in [3.63, 3.8) is 0 Å². The van der Waals surface area contributed by atoms with Gasteiger partial charge in [-0.2, -0.15) is 0 Å². The molecule has 10 aromatic rings. The van der Waals surface area contributed by atoms with Gasteiger partial charge in [-0.05, 0) is 84.3 Å². The molecule has 1 aliphatic rings. The second-order valence-electron chi connectivity index (χ2n) is 14.7. The molecule has 0 spiro atoms. The summed E-state index contributed by atoms with van der Waals surface area (Å²) in [6.45, 7) is 0. The zero-order chi connectivity index (χ0) is 37.8. The molecule has 9 aromatic carbocycles. The molecule has 0 unspecified atom stereocenters. The van der Waals surface area contributed by atoms with Crippen molar-refractivity contribution < 1.29 is 0 Å². The Morgan fingerprint density at radius 3 is 1.42 bits per heavy atom. The summed E-state index contributed by atoms with van der Waals surface area (Å²) in [7, 11) is 0. The summed E-state index contributed by atoms with van der Waals surface area (Å²) >= 11 is 0. The Balaban J connectivity index is 1.10. The first-order valence-corrected chi connectivity index (χ1v) is 19.4. The van der Waals surface area contributed by atoms with E-state index in [1.54, 1.807) is 0 Å². The minimum Gasteiger partial charge on any atom is -0.208 e. The molecule has 0 saturated carbocycles. The van der Waals surface area contributed by atoms with Gasteiger partial charge >= 0.3 is 0 Å². The zero-order valence-corrected chi connectivity index (χ0v) is 31.0. The number of nitrogens with zero attached hydrogens (tertiary/aromatic N) is 3. The molecule has 0 amide bonds. The second kappa shape index (κ2) is 13.4. The van der Waals surface area contributed by atoms with E-state index in [-0.39, 0.29) is 0 Å². The van der Waals surface area contributed by atoms with Gasteiger partial charge in [0.15, 0.2) is 17.5 Å².